The maximum atomic E-state index is 12.7. The van der Waals surface area contributed by atoms with E-state index >= 15 is 0 Å². The van der Waals surface area contributed by atoms with E-state index in [9.17, 15) is 48.6 Å². The van der Waals surface area contributed by atoms with E-state index in [1.165, 1.54) is 31.9 Å². The molecule has 0 spiro atoms. The minimum absolute atomic E-state index is 0.0215. The molecular weight excluding hydrogens is 1730 g/mol. The number of halogens is 5. The van der Waals surface area contributed by atoms with E-state index in [2.05, 4.69) is 77.3 Å². The van der Waals surface area contributed by atoms with Gasteiger partial charge in [0.05, 0.1) is 88.4 Å². The smallest absolute Gasteiger partial charge is 0.256 e. The van der Waals surface area contributed by atoms with E-state index in [0.717, 1.165) is 27.4 Å². The Hall–Kier alpha value is -12.0. The molecule has 14 aromatic rings. The lowest BCUT2D eigenvalue weighted by Gasteiger charge is -2.16. The van der Waals surface area contributed by atoms with E-state index in [-0.39, 0.29) is 45.9 Å². The molecule has 0 bridgehead atoms. The molecule has 0 saturated heterocycles. The van der Waals surface area contributed by atoms with Gasteiger partial charge in [-0.2, -0.15) is 5.10 Å². The van der Waals surface area contributed by atoms with Gasteiger partial charge in [0, 0.05) is 110 Å². The van der Waals surface area contributed by atoms with Crippen molar-refractivity contribution in [2.24, 2.45) is 0 Å². The molecule has 4 amide bonds. The molecule has 118 heavy (non-hydrogen) atoms. The monoisotopic (exact) mass is 1790 g/mol. The van der Waals surface area contributed by atoms with Crippen molar-refractivity contribution in [2.75, 3.05) is 45.1 Å². The number of amides is 4. The first-order chi connectivity index (χ1) is 56.5. The Morgan fingerprint density at radius 2 is 0.780 bits per heavy atom. The van der Waals surface area contributed by atoms with Crippen molar-refractivity contribution in [3.63, 3.8) is 0 Å². The Morgan fingerprint density at radius 1 is 0.415 bits per heavy atom. The molecule has 8 aromatic carbocycles. The molecular formula is C85H68BrCl4N13O11S4. The van der Waals surface area contributed by atoms with E-state index in [1.807, 2.05) is 72.8 Å². The Morgan fingerprint density at radius 3 is 1.12 bits per heavy atom. The lowest BCUT2D eigenvalue weighted by molar-refractivity contribution is 0.101. The molecule has 14 rings (SSSR count). The van der Waals surface area contributed by atoms with Gasteiger partial charge in [0.2, 0.25) is 15.2 Å². The van der Waals surface area contributed by atoms with Crippen LogP contribution >= 0.6 is 62.3 Å². The largest absolute Gasteiger partial charge is 0.322 e. The number of H-pyrrole nitrogens is 1. The second-order valence-electron chi connectivity index (χ2n) is 25.7. The van der Waals surface area contributed by atoms with Crippen LogP contribution in [0.25, 0.3) is 45.0 Å². The van der Waals surface area contributed by atoms with Crippen molar-refractivity contribution in [1.82, 2.24) is 40.1 Å². The van der Waals surface area contributed by atoms with Crippen molar-refractivity contribution >= 4 is 155 Å². The summed E-state index contributed by atoms with van der Waals surface area (Å²) in [5, 5.41) is 20.1. The normalized spacial score (nSPS) is 11.3. The molecule has 33 heteroatoms. The van der Waals surface area contributed by atoms with Crippen LogP contribution in [0.2, 0.25) is 20.1 Å². The van der Waals surface area contributed by atoms with Gasteiger partial charge in [-0.05, 0) is 227 Å². The number of pyridine rings is 5. The molecule has 6 aromatic heterocycles. The lowest BCUT2D eigenvalue weighted by atomic mass is 10.1. The van der Waals surface area contributed by atoms with E-state index in [4.69, 9.17) is 46.4 Å². The van der Waals surface area contributed by atoms with Gasteiger partial charge in [0.15, 0.2) is 24.7 Å². The molecule has 0 radical (unpaired) electrons. The molecule has 24 nitrogen and oxygen atoms in total. The maximum Gasteiger partial charge on any atom is 0.256 e. The molecule has 6 heterocycles. The van der Waals surface area contributed by atoms with Crippen LogP contribution in [0.4, 0.5) is 28.4 Å². The first kappa shape index (κ1) is 86.8. The van der Waals surface area contributed by atoms with Gasteiger partial charge in [-0.3, -0.25) is 52.7 Å². The first-order valence-electron chi connectivity index (χ1n) is 35.2. The minimum atomic E-state index is -3.56. The number of nitrogens with one attached hydrogen (secondary N) is 5. The molecule has 0 aliphatic rings. The Bertz CT molecular complexity index is 6300. The number of hydrogen-bond donors (Lipinski definition) is 5. The van der Waals surface area contributed by atoms with Crippen LogP contribution in [0.15, 0.2) is 307 Å². The second-order valence-corrected chi connectivity index (χ2v) is 35.7. The summed E-state index contributed by atoms with van der Waals surface area (Å²) in [5.41, 5.74) is 12.2. The van der Waals surface area contributed by atoms with Crippen LogP contribution in [-0.2, 0) is 57.8 Å². The highest BCUT2D eigenvalue weighted by Gasteiger charge is 2.21. The number of aromatic nitrogens is 8. The van der Waals surface area contributed by atoms with Gasteiger partial charge in [-0.15, -0.1) is 0 Å². The SMILES string of the molecule is CN(c1ccc(C(=O)Nc2ccc(Cl)c(-c3ccccn3)c2)cc1)S(C)(=O)=O.CS(=O)(=O)Cc1ccc(C(=O)Nc2ccc(Cl)c(-c3ccccn3)c2)c(Br)c1.O=C(Nc1ccc(Cl)c(-c2ccccn2)c1)c1ccc(CS(=O)(=O)c2ccccn2)cc1.O=C(Nc1ccc(Cl)c(-c2ccccn2)c1)c1ccc(CS(=O)c2ncn[nH]2)cc1. The fourth-order valence-electron chi connectivity index (χ4n) is 11.1. The number of rotatable bonds is 22. The summed E-state index contributed by atoms with van der Waals surface area (Å²) >= 11 is 28.5. The highest BCUT2D eigenvalue weighted by atomic mass is 79.9. The quantitative estimate of drug-likeness (QED) is 0.0421. The number of carbonyl (C=O) groups excluding carboxylic acids is 4. The fraction of sp³-hybridized carbons (Fsp3) is 0.0706. The zero-order valence-corrected chi connectivity index (χ0v) is 70.3. The van der Waals surface area contributed by atoms with Crippen LogP contribution in [0, 0.1) is 0 Å². The predicted octanol–water partition coefficient (Wildman–Crippen LogP) is 18.1. The number of nitrogens with zero attached hydrogens (tertiary/aromatic N) is 8. The van der Waals surface area contributed by atoms with Crippen molar-refractivity contribution < 1.29 is 48.6 Å². The highest BCUT2D eigenvalue weighted by molar-refractivity contribution is 9.10. The number of carbonyl (C=O) groups is 4. The Kier molecular flexibility index (Phi) is 29.6. The fourth-order valence-corrected chi connectivity index (χ4v) is 16.1. The number of benzene rings is 8. The third-order valence-corrected chi connectivity index (χ3v) is 23.9. The molecule has 1 atom stereocenters. The van der Waals surface area contributed by atoms with Crippen LogP contribution in [0.3, 0.4) is 0 Å². The molecule has 0 saturated carbocycles. The topological polar surface area (TPSA) is 345 Å². The average Bonchev–Trinajstić information content (AvgIpc) is 0.872. The number of sulfone groups is 2. The van der Waals surface area contributed by atoms with Crippen molar-refractivity contribution in [3.8, 4) is 45.0 Å². The van der Waals surface area contributed by atoms with Gasteiger partial charge >= 0.3 is 0 Å². The minimum Gasteiger partial charge on any atom is -0.322 e. The third kappa shape index (κ3) is 24.5. The number of hydrogen-bond acceptors (Lipinski definition) is 18. The molecule has 0 aliphatic heterocycles. The highest BCUT2D eigenvalue weighted by Crippen LogP contribution is 2.35. The van der Waals surface area contributed by atoms with Gasteiger partial charge in [-0.1, -0.05) is 107 Å². The Labute approximate surface area is 711 Å². The number of sulfonamides is 1. The van der Waals surface area contributed by atoms with Gasteiger partial charge in [0.25, 0.3) is 23.6 Å². The van der Waals surface area contributed by atoms with Crippen LogP contribution in [-0.4, -0.2) is 113 Å². The molecule has 5 N–H and O–H groups in total. The standard InChI is InChI=1S/C24H18ClN3O3S.C21H16ClN5O2S.C20H16BrClN2O3S.C20H18ClN3O3S/c25-21-12-11-19(15-20(21)22-5-1-3-13-26-22)28-24(29)18-9-7-17(8-10-18)16-32(30,31)23-6-2-4-14-27-23;22-18-9-8-16(11-17(18)19-3-1-2-10-23-19)26-20(28)15-6-4-14(5-7-15)12-30(29)21-24-13-25-27-21;1-28(26,27)12-13-5-7-15(17(21)10-13)20(25)24-14-6-8-18(22)16(11-14)19-4-2-3-9-23-19;1-24(28(2,26)27)16-9-6-14(7-10-16)20(25)23-15-8-11-18(21)17(13-15)19-5-3-4-12-22-19/h1-15H,16H2,(H,28,29);1-11,13H,12H2,(H,26,28)(H,24,25,27);2-11H,12H2,1H3,(H,24,25);3-13H,1-2H3,(H,23,25). The third-order valence-electron chi connectivity index (χ3n) is 17.0. The van der Waals surface area contributed by atoms with E-state index in [1.54, 1.807) is 201 Å². The first-order valence-corrected chi connectivity index (χ1v) is 44.3. The average molecular weight is 1800 g/mol. The van der Waals surface area contributed by atoms with Gasteiger partial charge in [0.1, 0.15) is 6.33 Å². The van der Waals surface area contributed by atoms with Crippen LogP contribution in [0.5, 0.6) is 0 Å². The van der Waals surface area contributed by atoms with Crippen LogP contribution in [0.1, 0.15) is 58.1 Å². The Balaban J connectivity index is 0.000000155. The van der Waals surface area contributed by atoms with Crippen molar-refractivity contribution in [2.45, 2.75) is 27.4 Å². The van der Waals surface area contributed by atoms with E-state index in [0.29, 0.717) is 125 Å². The van der Waals surface area contributed by atoms with Gasteiger partial charge in [-0.25, -0.2) is 35.2 Å². The van der Waals surface area contributed by atoms with Gasteiger partial charge < -0.3 is 21.3 Å². The zero-order valence-electron chi connectivity index (χ0n) is 62.4. The van der Waals surface area contributed by atoms with Crippen molar-refractivity contribution in [1.29, 1.82) is 0 Å². The van der Waals surface area contributed by atoms with E-state index < -0.39 is 40.5 Å². The zero-order chi connectivity index (χ0) is 84.1. The summed E-state index contributed by atoms with van der Waals surface area (Å²) in [6.07, 6.45) is 11.8. The predicted molar refractivity (Wildman–Crippen MR) is 467 cm³/mol. The van der Waals surface area contributed by atoms with Crippen LogP contribution < -0.4 is 25.6 Å². The van der Waals surface area contributed by atoms with Crippen molar-refractivity contribution in [3.05, 3.63) is 356 Å². The summed E-state index contributed by atoms with van der Waals surface area (Å²) in [6.45, 7) is 0. The summed E-state index contributed by atoms with van der Waals surface area (Å²) in [7, 11) is -9.94. The summed E-state index contributed by atoms with van der Waals surface area (Å²) in [5.74, 6) is -1.23. The maximum absolute atomic E-state index is 12.7. The summed E-state index contributed by atoms with van der Waals surface area (Å²) in [4.78, 5) is 75.5. The molecule has 0 fully saturated rings. The molecule has 598 valence electrons. The lowest BCUT2D eigenvalue weighted by Crippen LogP contribution is -2.24. The molecule has 0 aliphatic carbocycles. The summed E-state index contributed by atoms with van der Waals surface area (Å²) in [6, 6.07) is 72.1. The second kappa shape index (κ2) is 40.2. The summed E-state index contributed by atoms with van der Waals surface area (Å²) < 4.78 is 84.9. The number of anilines is 5. The molecule has 1 unspecified atom stereocenters. The number of aromatic amines is 1.